The third kappa shape index (κ3) is 9.81. The van der Waals surface area contributed by atoms with Crippen molar-refractivity contribution in [3.8, 4) is 0 Å². The zero-order valence-electron chi connectivity index (χ0n) is 24.4. The Morgan fingerprint density at radius 1 is 0.886 bits per heavy atom. The van der Waals surface area contributed by atoms with E-state index in [9.17, 15) is 29.4 Å². The molecule has 12 N–H and O–H groups in total. The van der Waals surface area contributed by atoms with E-state index < -0.39 is 54.0 Å². The third-order valence-corrected chi connectivity index (χ3v) is 7.00. The number of hydrogen-bond donors (Lipinski definition) is 9. The van der Waals surface area contributed by atoms with Crippen molar-refractivity contribution in [2.45, 2.75) is 62.9 Å². The normalized spacial score (nSPS) is 14.4. The Balaban J connectivity index is 1.77. The van der Waals surface area contributed by atoms with Crippen molar-refractivity contribution >= 4 is 40.6 Å². The second-order valence-corrected chi connectivity index (χ2v) is 10.5. The molecule has 44 heavy (non-hydrogen) atoms. The van der Waals surface area contributed by atoms with Crippen LogP contribution in [0, 0.1) is 0 Å². The number of rotatable bonds is 16. The van der Waals surface area contributed by atoms with E-state index in [0.717, 1.165) is 10.9 Å². The number of aliphatic hydroxyl groups excluding tert-OH is 1. The molecule has 14 nitrogen and oxygen atoms in total. The molecule has 2 aromatic carbocycles. The maximum Gasteiger partial charge on any atom is 0.326 e. The number of carbonyl (C=O) groups is 4. The maximum atomic E-state index is 13.6. The Morgan fingerprint density at radius 2 is 1.55 bits per heavy atom. The minimum Gasteiger partial charge on any atom is -0.480 e. The Labute approximate surface area is 254 Å². The molecule has 0 bridgehead atoms. The number of aliphatic imine (C=N–C) groups is 1. The van der Waals surface area contributed by atoms with Crippen molar-refractivity contribution in [2.24, 2.45) is 22.2 Å². The van der Waals surface area contributed by atoms with Gasteiger partial charge in [0.15, 0.2) is 5.96 Å². The molecule has 3 amide bonds. The first-order valence-corrected chi connectivity index (χ1v) is 14.2. The Bertz CT molecular complexity index is 1450. The number of hydrogen-bond acceptors (Lipinski definition) is 7. The summed E-state index contributed by atoms with van der Waals surface area (Å²) in [6.07, 6.45) is 0.995. The van der Waals surface area contributed by atoms with Gasteiger partial charge in [-0.25, -0.2) is 4.79 Å². The quantitative estimate of drug-likeness (QED) is 0.0563. The van der Waals surface area contributed by atoms with E-state index in [4.69, 9.17) is 17.2 Å². The number of amides is 3. The number of nitrogens with one attached hydrogen (secondary N) is 4. The number of aliphatic carboxylic acids is 1. The minimum absolute atomic E-state index is 0.0112. The summed E-state index contributed by atoms with van der Waals surface area (Å²) in [5.41, 5.74) is 18.9. The number of carboxylic acid groups (broad SMARTS) is 1. The van der Waals surface area contributed by atoms with Crippen molar-refractivity contribution in [3.05, 3.63) is 71.9 Å². The van der Waals surface area contributed by atoms with Gasteiger partial charge in [0.05, 0.1) is 12.1 Å². The van der Waals surface area contributed by atoms with Crippen molar-refractivity contribution < 1.29 is 29.4 Å². The van der Waals surface area contributed by atoms with Gasteiger partial charge < -0.3 is 48.3 Å². The van der Waals surface area contributed by atoms with Gasteiger partial charge in [-0.05, 0) is 37.0 Å². The van der Waals surface area contributed by atoms with Gasteiger partial charge in [0.1, 0.15) is 18.1 Å². The first-order chi connectivity index (χ1) is 21.0. The fourth-order valence-electron chi connectivity index (χ4n) is 4.63. The average Bonchev–Trinajstić information content (AvgIpc) is 3.39. The zero-order valence-corrected chi connectivity index (χ0v) is 24.4. The molecule has 1 heterocycles. The number of guanidine groups is 1. The number of nitrogens with two attached hydrogens (primary N) is 3. The molecule has 236 valence electrons. The van der Waals surface area contributed by atoms with Crippen molar-refractivity contribution in [1.82, 2.24) is 20.9 Å². The highest BCUT2D eigenvalue weighted by Crippen LogP contribution is 2.19. The van der Waals surface area contributed by atoms with Crippen LogP contribution >= 0.6 is 0 Å². The lowest BCUT2D eigenvalue weighted by atomic mass is 10.0. The van der Waals surface area contributed by atoms with Crippen LogP contribution in [0.5, 0.6) is 0 Å². The van der Waals surface area contributed by atoms with Gasteiger partial charge in [0.2, 0.25) is 17.7 Å². The minimum atomic E-state index is -1.52. The van der Waals surface area contributed by atoms with Crippen LogP contribution in [-0.2, 0) is 32.0 Å². The number of aliphatic hydroxyl groups is 1. The number of nitrogens with zero attached hydrogens (tertiary/aromatic N) is 1. The second kappa shape index (κ2) is 16.0. The third-order valence-electron chi connectivity index (χ3n) is 7.00. The largest absolute Gasteiger partial charge is 0.480 e. The zero-order chi connectivity index (χ0) is 32.2. The van der Waals surface area contributed by atoms with E-state index in [1.807, 2.05) is 24.3 Å². The van der Waals surface area contributed by atoms with Crippen LogP contribution in [0.3, 0.4) is 0 Å². The fourth-order valence-corrected chi connectivity index (χ4v) is 4.63. The number of aromatic nitrogens is 1. The van der Waals surface area contributed by atoms with Crippen molar-refractivity contribution in [3.63, 3.8) is 0 Å². The number of benzene rings is 2. The fraction of sp³-hybridized carbons (Fsp3) is 0.367. The Hall–Kier alpha value is -4.95. The van der Waals surface area contributed by atoms with Crippen LogP contribution < -0.4 is 33.2 Å². The monoisotopic (exact) mass is 608 g/mol. The summed E-state index contributed by atoms with van der Waals surface area (Å²) in [6.45, 7) is 1.56. The lowest BCUT2D eigenvalue weighted by molar-refractivity contribution is -0.143. The molecule has 3 rings (SSSR count). The van der Waals surface area contributed by atoms with E-state index in [-0.39, 0.29) is 31.8 Å². The number of carboxylic acids is 1. The van der Waals surface area contributed by atoms with Crippen molar-refractivity contribution in [1.29, 1.82) is 0 Å². The van der Waals surface area contributed by atoms with Gasteiger partial charge in [-0.3, -0.25) is 19.4 Å². The highest BCUT2D eigenvalue weighted by Gasteiger charge is 2.33. The lowest BCUT2D eigenvalue weighted by Gasteiger charge is -2.26. The van der Waals surface area contributed by atoms with Gasteiger partial charge >= 0.3 is 5.97 Å². The smallest absolute Gasteiger partial charge is 0.326 e. The van der Waals surface area contributed by atoms with Crippen LogP contribution in [0.2, 0.25) is 0 Å². The molecule has 0 aliphatic carbocycles. The van der Waals surface area contributed by atoms with Crippen molar-refractivity contribution in [2.75, 3.05) is 6.54 Å². The van der Waals surface area contributed by atoms with Crippen LogP contribution in [0.25, 0.3) is 10.9 Å². The molecular formula is C30H40N8O6. The summed E-state index contributed by atoms with van der Waals surface area (Å²) < 4.78 is 0. The SMILES string of the molecule is CC(O)C(NC(=O)C(Cc1c[nH]c2ccccc12)NC(=O)C(N)CCCN=C(N)N)C(=O)NC(Cc1ccccc1)C(=O)O. The summed E-state index contributed by atoms with van der Waals surface area (Å²) in [6, 6.07) is 11.1. The van der Waals surface area contributed by atoms with E-state index in [0.29, 0.717) is 17.5 Å². The lowest BCUT2D eigenvalue weighted by Crippen LogP contribution is -2.60. The van der Waals surface area contributed by atoms with E-state index in [2.05, 4.69) is 25.9 Å². The summed E-state index contributed by atoms with van der Waals surface area (Å²) in [7, 11) is 0. The Kier molecular flexibility index (Phi) is 12.2. The maximum absolute atomic E-state index is 13.6. The summed E-state index contributed by atoms with van der Waals surface area (Å²) in [5.74, 6) is -3.64. The molecule has 1 aromatic heterocycles. The molecule has 14 heteroatoms. The van der Waals surface area contributed by atoms with Gasteiger partial charge in [-0.15, -0.1) is 0 Å². The first kappa shape index (κ1) is 33.6. The molecule has 5 unspecified atom stereocenters. The predicted molar refractivity (Wildman–Crippen MR) is 165 cm³/mol. The second-order valence-electron chi connectivity index (χ2n) is 10.5. The Morgan fingerprint density at radius 3 is 2.20 bits per heavy atom. The number of H-pyrrole nitrogens is 1. The molecule has 0 radical (unpaired) electrons. The van der Waals surface area contributed by atoms with Crippen LogP contribution in [0.4, 0.5) is 0 Å². The van der Waals surface area contributed by atoms with Crippen LogP contribution in [0.15, 0.2) is 65.8 Å². The summed E-state index contributed by atoms with van der Waals surface area (Å²) in [4.78, 5) is 58.7. The number of para-hydroxylation sites is 1. The predicted octanol–water partition coefficient (Wildman–Crippen LogP) is -0.746. The molecular weight excluding hydrogens is 568 g/mol. The van der Waals surface area contributed by atoms with Crippen LogP contribution in [0.1, 0.15) is 30.9 Å². The first-order valence-electron chi connectivity index (χ1n) is 14.2. The standard InChI is InChI=1S/C30H40N8O6/c1-17(39)25(28(42)37-24(29(43)44)14-18-8-3-2-4-9-18)38-27(41)23(15-19-16-35-22-12-6-5-10-20(19)22)36-26(40)21(31)11-7-13-34-30(32)33/h2-6,8-10,12,16-17,21,23-25,35,39H,7,11,13-15,31H2,1H3,(H,36,40)(H,37,42)(H,38,41)(H,43,44)(H4,32,33,34). The molecule has 0 aliphatic rings. The molecule has 0 fully saturated rings. The molecule has 0 aliphatic heterocycles. The van der Waals surface area contributed by atoms with Gasteiger partial charge in [-0.2, -0.15) is 0 Å². The van der Waals surface area contributed by atoms with Gasteiger partial charge in [0.25, 0.3) is 0 Å². The number of aromatic amines is 1. The molecule has 3 aromatic rings. The van der Waals surface area contributed by atoms with E-state index in [1.54, 1.807) is 36.5 Å². The molecule has 0 saturated carbocycles. The number of fused-ring (bicyclic) bond motifs is 1. The highest BCUT2D eigenvalue weighted by atomic mass is 16.4. The summed E-state index contributed by atoms with van der Waals surface area (Å²) >= 11 is 0. The topological polar surface area (TPSA) is 251 Å². The summed E-state index contributed by atoms with van der Waals surface area (Å²) in [5, 5.41) is 28.5. The van der Waals surface area contributed by atoms with Crippen LogP contribution in [-0.4, -0.2) is 81.7 Å². The van der Waals surface area contributed by atoms with E-state index >= 15 is 0 Å². The van der Waals surface area contributed by atoms with Gasteiger partial charge in [0, 0.05) is 36.5 Å². The number of carbonyl (C=O) groups excluding carboxylic acids is 3. The van der Waals surface area contributed by atoms with E-state index in [1.165, 1.54) is 6.92 Å². The van der Waals surface area contributed by atoms with Gasteiger partial charge in [-0.1, -0.05) is 48.5 Å². The molecule has 0 spiro atoms. The molecule has 5 atom stereocenters. The molecule has 0 saturated heterocycles. The average molecular weight is 609 g/mol. The highest BCUT2D eigenvalue weighted by molar-refractivity contribution is 5.95.